The van der Waals surface area contributed by atoms with Crippen LogP contribution in [0.3, 0.4) is 0 Å². The van der Waals surface area contributed by atoms with Crippen molar-refractivity contribution in [1.82, 2.24) is 4.57 Å². The highest BCUT2D eigenvalue weighted by molar-refractivity contribution is 9.10. The number of carbonyl (C=O) groups excluding carboxylic acids is 1. The van der Waals surface area contributed by atoms with E-state index in [0.29, 0.717) is 0 Å². The lowest BCUT2D eigenvalue weighted by Crippen LogP contribution is -2.15. The molecule has 154 valence electrons. The lowest BCUT2D eigenvalue weighted by molar-refractivity contribution is -0.145. The quantitative estimate of drug-likeness (QED) is 0.404. The maximum atomic E-state index is 12.0. The summed E-state index contributed by atoms with van der Waals surface area (Å²) < 4.78 is 13.8. The summed E-state index contributed by atoms with van der Waals surface area (Å²) in [6, 6.07) is 14.7. The Balaban J connectivity index is 2.07. The summed E-state index contributed by atoms with van der Waals surface area (Å²) in [5, 5.41) is 1.18. The zero-order valence-corrected chi connectivity index (χ0v) is 19.2. The lowest BCUT2D eigenvalue weighted by Gasteiger charge is -2.17. The van der Waals surface area contributed by atoms with Gasteiger partial charge in [0.25, 0.3) is 0 Å². The molecule has 29 heavy (non-hydrogen) atoms. The third-order valence-electron chi connectivity index (χ3n) is 5.64. The van der Waals surface area contributed by atoms with Crippen molar-refractivity contribution in [3.8, 4) is 5.75 Å². The Kier molecular flexibility index (Phi) is 6.68. The predicted octanol–water partition coefficient (Wildman–Crippen LogP) is 6.07. The first kappa shape index (κ1) is 21.4. The Morgan fingerprint density at radius 1 is 1.10 bits per heavy atom. The third-order valence-corrected chi connectivity index (χ3v) is 6.17. The van der Waals surface area contributed by atoms with Gasteiger partial charge in [-0.1, -0.05) is 41.9 Å². The molecule has 2 atom stereocenters. The number of hydrogen-bond donors (Lipinski definition) is 0. The van der Waals surface area contributed by atoms with E-state index in [-0.39, 0.29) is 17.8 Å². The third kappa shape index (κ3) is 4.50. The van der Waals surface area contributed by atoms with Gasteiger partial charge < -0.3 is 14.0 Å². The second-order valence-electron chi connectivity index (χ2n) is 7.66. The summed E-state index contributed by atoms with van der Waals surface area (Å²) >= 11 is 3.51. The number of hydrogen-bond acceptors (Lipinski definition) is 3. The summed E-state index contributed by atoms with van der Waals surface area (Å²) in [6.07, 6.45) is 0.738. The molecule has 0 fully saturated rings. The number of benzene rings is 2. The summed E-state index contributed by atoms with van der Waals surface area (Å²) in [7, 11) is 3.14. The molecule has 4 nitrogen and oxygen atoms in total. The Bertz CT molecular complexity index is 1010. The van der Waals surface area contributed by atoms with E-state index in [9.17, 15) is 4.79 Å². The van der Waals surface area contributed by atoms with Gasteiger partial charge >= 0.3 is 5.97 Å². The van der Waals surface area contributed by atoms with E-state index in [2.05, 4.69) is 70.7 Å². The number of rotatable bonds is 7. The van der Waals surface area contributed by atoms with Crippen LogP contribution in [0.25, 0.3) is 10.9 Å². The van der Waals surface area contributed by atoms with Gasteiger partial charge in [0.2, 0.25) is 0 Å². The maximum absolute atomic E-state index is 12.0. The Morgan fingerprint density at radius 3 is 2.41 bits per heavy atom. The molecular weight excluding hydrogens is 430 g/mol. The molecule has 0 bridgehead atoms. The van der Waals surface area contributed by atoms with Gasteiger partial charge in [-0.05, 0) is 60.7 Å². The molecule has 0 radical (unpaired) electrons. The van der Waals surface area contributed by atoms with Crippen LogP contribution in [0.5, 0.6) is 5.75 Å². The Hall–Kier alpha value is -2.27. The van der Waals surface area contributed by atoms with Gasteiger partial charge in [0.15, 0.2) is 0 Å². The number of nitrogens with zero attached hydrogens (tertiary/aromatic N) is 1. The van der Waals surface area contributed by atoms with Crippen LogP contribution in [0.15, 0.2) is 46.9 Å². The second kappa shape index (κ2) is 9.04. The van der Waals surface area contributed by atoms with Crippen molar-refractivity contribution in [3.63, 3.8) is 0 Å². The number of carbonyl (C=O) groups is 1. The van der Waals surface area contributed by atoms with Gasteiger partial charge in [0.05, 0.1) is 20.1 Å². The number of ether oxygens (including phenoxy) is 2. The molecule has 1 heterocycles. The van der Waals surface area contributed by atoms with Gasteiger partial charge in [-0.3, -0.25) is 4.79 Å². The van der Waals surface area contributed by atoms with Crippen molar-refractivity contribution in [2.24, 2.45) is 5.92 Å². The number of esters is 1. The molecule has 1 aromatic heterocycles. The normalized spacial score (nSPS) is 13.3. The van der Waals surface area contributed by atoms with Gasteiger partial charge in [0.1, 0.15) is 5.75 Å². The topological polar surface area (TPSA) is 40.5 Å². The van der Waals surface area contributed by atoms with Gasteiger partial charge in [-0.15, -0.1) is 0 Å². The van der Waals surface area contributed by atoms with Crippen LogP contribution in [0.2, 0.25) is 0 Å². The van der Waals surface area contributed by atoms with Crippen LogP contribution in [0, 0.1) is 12.8 Å². The highest BCUT2D eigenvalue weighted by Crippen LogP contribution is 2.37. The average molecular weight is 458 g/mol. The predicted molar refractivity (Wildman–Crippen MR) is 121 cm³/mol. The monoisotopic (exact) mass is 457 g/mol. The number of aromatic nitrogens is 1. The minimum absolute atomic E-state index is 0.148. The van der Waals surface area contributed by atoms with Crippen molar-refractivity contribution in [2.75, 3.05) is 14.2 Å². The maximum Gasteiger partial charge on any atom is 0.308 e. The number of halogens is 1. The molecule has 0 N–H and O–H groups in total. The smallest absolute Gasteiger partial charge is 0.308 e. The fraction of sp³-hybridized carbons (Fsp3) is 0.375. The highest BCUT2D eigenvalue weighted by atomic mass is 79.9. The van der Waals surface area contributed by atoms with Gasteiger partial charge in [0, 0.05) is 27.6 Å². The molecule has 5 heteroatoms. The molecule has 3 rings (SSSR count). The number of methoxy groups -OCH3 is 2. The molecule has 3 aromatic rings. The molecule has 0 aliphatic heterocycles. The van der Waals surface area contributed by atoms with E-state index in [1.54, 1.807) is 7.11 Å². The summed E-state index contributed by atoms with van der Waals surface area (Å²) in [6.45, 7) is 7.07. The largest absolute Gasteiger partial charge is 0.497 e. The van der Waals surface area contributed by atoms with Crippen LogP contribution < -0.4 is 4.74 Å². The zero-order chi connectivity index (χ0) is 21.1. The average Bonchev–Trinajstić information content (AvgIpc) is 2.99. The molecule has 2 aromatic carbocycles. The highest BCUT2D eigenvalue weighted by Gasteiger charge is 2.24. The minimum atomic E-state index is -0.161. The van der Waals surface area contributed by atoms with Crippen molar-refractivity contribution >= 4 is 32.8 Å². The zero-order valence-electron chi connectivity index (χ0n) is 17.7. The molecule has 0 spiro atoms. The van der Waals surface area contributed by atoms with Gasteiger partial charge in [-0.25, -0.2) is 0 Å². The van der Waals surface area contributed by atoms with E-state index in [4.69, 9.17) is 9.47 Å². The number of fused-ring (bicyclic) bond motifs is 1. The van der Waals surface area contributed by atoms with Crippen LogP contribution in [-0.2, 0) is 16.1 Å². The fourth-order valence-electron chi connectivity index (χ4n) is 4.16. The SMILES string of the molecule is COC(=O)C(C)CC(C)c1c(C)n(Cc2ccc(Br)cc2)c2ccc(OC)cc12. The Labute approximate surface area is 180 Å². The van der Waals surface area contributed by atoms with E-state index in [1.165, 1.54) is 34.8 Å². The first-order valence-corrected chi connectivity index (χ1v) is 10.6. The molecule has 0 aliphatic rings. The van der Waals surface area contributed by atoms with E-state index < -0.39 is 0 Å². The molecule has 0 aliphatic carbocycles. The van der Waals surface area contributed by atoms with Crippen LogP contribution in [0.1, 0.15) is 43.0 Å². The van der Waals surface area contributed by atoms with Crippen molar-refractivity contribution in [2.45, 2.75) is 39.7 Å². The van der Waals surface area contributed by atoms with E-state index in [1.807, 2.05) is 13.0 Å². The van der Waals surface area contributed by atoms with E-state index in [0.717, 1.165) is 23.2 Å². The van der Waals surface area contributed by atoms with Crippen LogP contribution in [0.4, 0.5) is 0 Å². The van der Waals surface area contributed by atoms with Crippen molar-refractivity contribution < 1.29 is 14.3 Å². The lowest BCUT2D eigenvalue weighted by atomic mass is 9.89. The molecule has 0 saturated heterocycles. The van der Waals surface area contributed by atoms with Crippen LogP contribution in [-0.4, -0.2) is 24.8 Å². The van der Waals surface area contributed by atoms with Crippen molar-refractivity contribution in [3.05, 3.63) is 63.8 Å². The molecule has 0 amide bonds. The second-order valence-corrected chi connectivity index (χ2v) is 8.57. The van der Waals surface area contributed by atoms with Crippen LogP contribution >= 0.6 is 15.9 Å². The van der Waals surface area contributed by atoms with Crippen molar-refractivity contribution in [1.29, 1.82) is 0 Å². The molecule has 0 saturated carbocycles. The van der Waals surface area contributed by atoms with Gasteiger partial charge in [-0.2, -0.15) is 0 Å². The summed E-state index contributed by atoms with van der Waals surface area (Å²) in [5.74, 6) is 0.744. The Morgan fingerprint density at radius 2 is 1.79 bits per heavy atom. The van der Waals surface area contributed by atoms with E-state index >= 15 is 0 Å². The first-order valence-electron chi connectivity index (χ1n) is 9.84. The first-order chi connectivity index (χ1) is 13.8. The fourth-order valence-corrected chi connectivity index (χ4v) is 4.42. The summed E-state index contributed by atoms with van der Waals surface area (Å²) in [5.41, 5.74) is 4.91. The minimum Gasteiger partial charge on any atom is -0.497 e. The standard InChI is InChI=1S/C24H28BrNO3/c1-15(12-16(2)24(27)29-5)23-17(3)26(14-18-6-8-19(25)9-7-18)22-11-10-20(28-4)13-21(22)23/h6-11,13,15-16H,12,14H2,1-5H3. The summed E-state index contributed by atoms with van der Waals surface area (Å²) in [4.78, 5) is 12.0. The molecule has 2 unspecified atom stereocenters. The molecular formula is C24H28BrNO3.